The quantitative estimate of drug-likeness (QED) is 0.622. The summed E-state index contributed by atoms with van der Waals surface area (Å²) in [6, 6.07) is 5.15. The minimum absolute atomic E-state index is 0.309. The maximum absolute atomic E-state index is 9.67. The van der Waals surface area contributed by atoms with E-state index in [1.807, 2.05) is 6.07 Å². The standard InChI is InChI=1S/C15H20ClNO/c16-14-6-7-15(18)13(10-14)11-17-9-8-12-4-2-1-3-5-12/h4,6-7,10,17-18H,1-3,5,8-9,11H2. The first-order valence-corrected chi connectivity index (χ1v) is 6.99. The molecule has 1 aliphatic rings. The molecule has 1 aromatic carbocycles. The van der Waals surface area contributed by atoms with E-state index in [1.54, 1.807) is 17.7 Å². The first-order chi connectivity index (χ1) is 8.75. The Morgan fingerprint density at radius 3 is 2.94 bits per heavy atom. The fraction of sp³-hybridized carbons (Fsp3) is 0.467. The highest BCUT2D eigenvalue weighted by Crippen LogP contribution is 2.22. The maximum Gasteiger partial charge on any atom is 0.120 e. The van der Waals surface area contributed by atoms with Crippen molar-refractivity contribution in [2.45, 2.75) is 38.6 Å². The molecular weight excluding hydrogens is 246 g/mol. The van der Waals surface area contributed by atoms with Crippen molar-refractivity contribution in [1.82, 2.24) is 5.32 Å². The minimum Gasteiger partial charge on any atom is -0.508 e. The summed E-state index contributed by atoms with van der Waals surface area (Å²) < 4.78 is 0. The lowest BCUT2D eigenvalue weighted by atomic mass is 9.97. The number of hydrogen-bond donors (Lipinski definition) is 2. The molecule has 2 rings (SSSR count). The van der Waals surface area contributed by atoms with Crippen LogP contribution in [0.2, 0.25) is 5.02 Å². The van der Waals surface area contributed by atoms with Gasteiger partial charge in [0.1, 0.15) is 5.75 Å². The molecule has 98 valence electrons. The smallest absolute Gasteiger partial charge is 0.120 e. The lowest BCUT2D eigenvalue weighted by Gasteiger charge is -2.13. The van der Waals surface area contributed by atoms with E-state index in [4.69, 9.17) is 11.6 Å². The van der Waals surface area contributed by atoms with Crippen LogP contribution < -0.4 is 5.32 Å². The van der Waals surface area contributed by atoms with Crippen LogP contribution in [0.5, 0.6) is 5.75 Å². The van der Waals surface area contributed by atoms with Crippen LogP contribution in [-0.2, 0) is 6.54 Å². The van der Waals surface area contributed by atoms with Gasteiger partial charge >= 0.3 is 0 Å². The second-order valence-corrected chi connectivity index (χ2v) is 5.24. The second-order valence-electron chi connectivity index (χ2n) is 4.81. The van der Waals surface area contributed by atoms with Crippen LogP contribution in [0.25, 0.3) is 0 Å². The number of halogens is 1. The summed E-state index contributed by atoms with van der Waals surface area (Å²) in [6.45, 7) is 1.62. The van der Waals surface area contributed by atoms with Gasteiger partial charge in [0.05, 0.1) is 0 Å². The molecule has 0 spiro atoms. The van der Waals surface area contributed by atoms with E-state index in [0.717, 1.165) is 18.5 Å². The molecule has 0 aliphatic heterocycles. The summed E-state index contributed by atoms with van der Waals surface area (Å²) in [5, 5.41) is 13.7. The van der Waals surface area contributed by atoms with Gasteiger partial charge in [-0.1, -0.05) is 23.3 Å². The third kappa shape index (κ3) is 4.04. The summed E-state index contributed by atoms with van der Waals surface area (Å²) in [5.41, 5.74) is 2.43. The average Bonchev–Trinajstić information content (AvgIpc) is 2.40. The zero-order chi connectivity index (χ0) is 12.8. The SMILES string of the molecule is Oc1ccc(Cl)cc1CNCCC1=CCCCC1. The molecule has 2 nitrogen and oxygen atoms in total. The second kappa shape index (κ2) is 6.81. The van der Waals surface area contributed by atoms with E-state index in [9.17, 15) is 5.11 Å². The molecule has 3 heteroatoms. The van der Waals surface area contributed by atoms with Gasteiger partial charge in [0.15, 0.2) is 0 Å². The Hall–Kier alpha value is -0.990. The van der Waals surface area contributed by atoms with Gasteiger partial charge in [-0.05, 0) is 56.8 Å². The van der Waals surface area contributed by atoms with Crippen molar-refractivity contribution in [3.63, 3.8) is 0 Å². The summed E-state index contributed by atoms with van der Waals surface area (Å²) in [5.74, 6) is 0.309. The molecule has 0 saturated carbocycles. The number of hydrogen-bond acceptors (Lipinski definition) is 2. The molecule has 0 bridgehead atoms. The van der Waals surface area contributed by atoms with Crippen molar-refractivity contribution in [2.24, 2.45) is 0 Å². The fourth-order valence-corrected chi connectivity index (χ4v) is 2.49. The van der Waals surface area contributed by atoms with E-state index in [0.29, 0.717) is 17.3 Å². The summed E-state index contributed by atoms with van der Waals surface area (Å²) in [6.07, 6.45) is 8.66. The third-order valence-electron chi connectivity index (χ3n) is 3.36. The first-order valence-electron chi connectivity index (χ1n) is 6.62. The average molecular weight is 266 g/mol. The van der Waals surface area contributed by atoms with Gasteiger partial charge in [0.25, 0.3) is 0 Å². The van der Waals surface area contributed by atoms with E-state index in [2.05, 4.69) is 11.4 Å². The number of aromatic hydroxyl groups is 1. The lowest BCUT2D eigenvalue weighted by molar-refractivity contribution is 0.464. The largest absolute Gasteiger partial charge is 0.508 e. The van der Waals surface area contributed by atoms with E-state index < -0.39 is 0 Å². The molecule has 0 radical (unpaired) electrons. The Bertz CT molecular complexity index is 429. The Balaban J connectivity index is 1.74. The highest BCUT2D eigenvalue weighted by Gasteiger charge is 2.04. The molecule has 0 unspecified atom stereocenters. The number of phenols is 1. The van der Waals surface area contributed by atoms with Gasteiger partial charge in [-0.2, -0.15) is 0 Å². The van der Waals surface area contributed by atoms with Crippen LogP contribution in [0, 0.1) is 0 Å². The summed E-state index contributed by atoms with van der Waals surface area (Å²) in [4.78, 5) is 0. The summed E-state index contributed by atoms with van der Waals surface area (Å²) in [7, 11) is 0. The molecule has 0 aromatic heterocycles. The molecule has 0 atom stereocenters. The molecule has 2 N–H and O–H groups in total. The Morgan fingerprint density at radius 2 is 2.17 bits per heavy atom. The number of nitrogens with one attached hydrogen (secondary N) is 1. The molecule has 18 heavy (non-hydrogen) atoms. The van der Waals surface area contributed by atoms with Crippen LogP contribution in [0.15, 0.2) is 29.8 Å². The highest BCUT2D eigenvalue weighted by atomic mass is 35.5. The van der Waals surface area contributed by atoms with E-state index in [1.165, 1.54) is 25.7 Å². The zero-order valence-corrected chi connectivity index (χ0v) is 11.3. The fourth-order valence-electron chi connectivity index (χ4n) is 2.30. The normalized spacial score (nSPS) is 15.5. The van der Waals surface area contributed by atoms with Gasteiger partial charge in [0.2, 0.25) is 0 Å². The first kappa shape index (κ1) is 13.4. The monoisotopic (exact) mass is 265 g/mol. The van der Waals surface area contributed by atoms with Crippen molar-refractivity contribution in [1.29, 1.82) is 0 Å². The van der Waals surface area contributed by atoms with Crippen molar-refractivity contribution in [3.8, 4) is 5.75 Å². The van der Waals surface area contributed by atoms with Crippen LogP contribution in [0.3, 0.4) is 0 Å². The minimum atomic E-state index is 0.309. The number of benzene rings is 1. The molecule has 1 aliphatic carbocycles. The molecule has 0 saturated heterocycles. The lowest BCUT2D eigenvalue weighted by Crippen LogP contribution is -2.15. The van der Waals surface area contributed by atoms with Gasteiger partial charge in [-0.25, -0.2) is 0 Å². The van der Waals surface area contributed by atoms with E-state index >= 15 is 0 Å². The molecule has 0 amide bonds. The van der Waals surface area contributed by atoms with Crippen molar-refractivity contribution in [3.05, 3.63) is 40.4 Å². The topological polar surface area (TPSA) is 32.3 Å². The predicted molar refractivity (Wildman–Crippen MR) is 76.0 cm³/mol. The molecular formula is C15H20ClNO. The van der Waals surface area contributed by atoms with Crippen LogP contribution in [0.4, 0.5) is 0 Å². The summed E-state index contributed by atoms with van der Waals surface area (Å²) >= 11 is 5.90. The number of allylic oxidation sites excluding steroid dienone is 1. The predicted octanol–water partition coefficient (Wildman–Crippen LogP) is 4.03. The zero-order valence-electron chi connectivity index (χ0n) is 10.6. The van der Waals surface area contributed by atoms with Crippen LogP contribution in [-0.4, -0.2) is 11.7 Å². The maximum atomic E-state index is 9.67. The van der Waals surface area contributed by atoms with Gasteiger partial charge in [0, 0.05) is 17.1 Å². The van der Waals surface area contributed by atoms with Gasteiger partial charge < -0.3 is 10.4 Å². The van der Waals surface area contributed by atoms with Gasteiger partial charge in [-0.3, -0.25) is 0 Å². The molecule has 1 aromatic rings. The van der Waals surface area contributed by atoms with Crippen LogP contribution >= 0.6 is 11.6 Å². The molecule has 0 fully saturated rings. The van der Waals surface area contributed by atoms with Crippen molar-refractivity contribution < 1.29 is 5.11 Å². The van der Waals surface area contributed by atoms with E-state index in [-0.39, 0.29) is 0 Å². The highest BCUT2D eigenvalue weighted by molar-refractivity contribution is 6.30. The Morgan fingerprint density at radius 1 is 1.28 bits per heavy atom. The molecule has 0 heterocycles. The third-order valence-corrected chi connectivity index (χ3v) is 3.60. The van der Waals surface area contributed by atoms with Gasteiger partial charge in [-0.15, -0.1) is 0 Å². The van der Waals surface area contributed by atoms with Crippen molar-refractivity contribution in [2.75, 3.05) is 6.54 Å². The van der Waals surface area contributed by atoms with Crippen LogP contribution in [0.1, 0.15) is 37.7 Å². The van der Waals surface area contributed by atoms with Crippen molar-refractivity contribution >= 4 is 11.6 Å². The Kier molecular flexibility index (Phi) is 5.09. The number of phenolic OH excluding ortho intramolecular Hbond substituents is 1. The number of rotatable bonds is 5. The Labute approximate surface area is 114 Å².